The van der Waals surface area contributed by atoms with Crippen LogP contribution in [-0.4, -0.2) is 0 Å². The van der Waals surface area contributed by atoms with Crippen LogP contribution in [0.3, 0.4) is 0 Å². The Bertz CT molecular complexity index is 229. The summed E-state index contributed by atoms with van der Waals surface area (Å²) in [5, 5.41) is 0.825. The maximum atomic E-state index is 5.93. The van der Waals surface area contributed by atoms with Crippen molar-refractivity contribution < 1.29 is 0 Å². The van der Waals surface area contributed by atoms with E-state index in [4.69, 9.17) is 11.6 Å². The molecule has 1 rings (SSSR count). The Morgan fingerprint density at radius 1 is 1.50 bits per heavy atom. The van der Waals surface area contributed by atoms with E-state index in [0.717, 1.165) is 20.6 Å². The van der Waals surface area contributed by atoms with E-state index in [0.29, 0.717) is 0 Å². The molecule has 0 atom stereocenters. The maximum absolute atomic E-state index is 5.93. The van der Waals surface area contributed by atoms with Crippen LogP contribution in [0.15, 0.2) is 10.5 Å². The molecule has 1 radical (unpaired) electrons. The van der Waals surface area contributed by atoms with Crippen LogP contribution in [0.4, 0.5) is 0 Å². The summed E-state index contributed by atoms with van der Waals surface area (Å²) in [5.41, 5.74) is 2.13. The number of aryl methyl sites for hydroxylation is 1. The Hall–Kier alpha value is -0.0100. The Balaban J connectivity index is 3.34. The number of hydrogen-bond acceptors (Lipinski definition) is 0. The van der Waals surface area contributed by atoms with Crippen molar-refractivity contribution in [2.24, 2.45) is 0 Å². The van der Waals surface area contributed by atoms with Crippen molar-refractivity contribution in [3.8, 4) is 0 Å². The van der Waals surface area contributed by atoms with Crippen LogP contribution in [0, 0.1) is 19.9 Å². The summed E-state index contributed by atoms with van der Waals surface area (Å²) in [4.78, 5) is 0. The fraction of sp³-hybridized carbons (Fsp3) is 0.250. The Morgan fingerprint density at radius 2 is 2.10 bits per heavy atom. The Morgan fingerprint density at radius 3 is 2.60 bits per heavy atom. The molecule has 0 fully saturated rings. The molecular weight excluding hydrogens is 211 g/mol. The zero-order chi connectivity index (χ0) is 7.72. The highest BCUT2D eigenvalue weighted by molar-refractivity contribution is 9.10. The van der Waals surface area contributed by atoms with E-state index >= 15 is 0 Å². The van der Waals surface area contributed by atoms with E-state index in [1.165, 1.54) is 0 Å². The van der Waals surface area contributed by atoms with E-state index in [2.05, 4.69) is 22.0 Å². The molecule has 0 amide bonds. The minimum Gasteiger partial charge on any atom is -0.0837 e. The fourth-order valence-corrected chi connectivity index (χ4v) is 1.31. The highest BCUT2D eigenvalue weighted by Crippen LogP contribution is 2.25. The summed E-state index contributed by atoms with van der Waals surface area (Å²) in [6, 6.07) is 4.92. The van der Waals surface area contributed by atoms with Crippen molar-refractivity contribution in [2.45, 2.75) is 13.8 Å². The molecule has 0 saturated carbocycles. The molecule has 10 heavy (non-hydrogen) atoms. The predicted molar refractivity (Wildman–Crippen MR) is 47.5 cm³/mol. The predicted octanol–water partition coefficient (Wildman–Crippen LogP) is 3.52. The van der Waals surface area contributed by atoms with Crippen LogP contribution >= 0.6 is 27.5 Å². The summed E-state index contributed by atoms with van der Waals surface area (Å²) < 4.78 is 0.947. The van der Waals surface area contributed by atoms with Crippen LogP contribution < -0.4 is 0 Å². The summed E-state index contributed by atoms with van der Waals surface area (Å²) in [7, 11) is 0. The third-order valence-corrected chi connectivity index (χ3v) is 2.83. The van der Waals surface area contributed by atoms with Crippen LogP contribution in [-0.2, 0) is 0 Å². The normalized spacial score (nSPS) is 10.0. The van der Waals surface area contributed by atoms with Gasteiger partial charge in [-0.25, -0.2) is 0 Å². The van der Waals surface area contributed by atoms with Crippen molar-refractivity contribution in [2.75, 3.05) is 0 Å². The molecule has 1 aromatic rings. The first kappa shape index (κ1) is 8.09. The van der Waals surface area contributed by atoms with Crippen molar-refractivity contribution in [3.05, 3.63) is 32.8 Å². The second kappa shape index (κ2) is 2.93. The zero-order valence-electron chi connectivity index (χ0n) is 5.83. The highest BCUT2D eigenvalue weighted by atomic mass is 79.9. The average molecular weight is 219 g/mol. The SMILES string of the molecule is Cc1c[c]c(Br)c(C)c1Cl. The molecule has 0 heterocycles. The van der Waals surface area contributed by atoms with Crippen molar-refractivity contribution in [1.29, 1.82) is 0 Å². The van der Waals surface area contributed by atoms with E-state index in [9.17, 15) is 0 Å². The van der Waals surface area contributed by atoms with Gasteiger partial charge in [-0.05, 0) is 53.0 Å². The highest BCUT2D eigenvalue weighted by Gasteiger charge is 2.01. The summed E-state index contributed by atoms with van der Waals surface area (Å²) in [5.74, 6) is 0. The smallest absolute Gasteiger partial charge is 0.0476 e. The van der Waals surface area contributed by atoms with Gasteiger partial charge in [0.1, 0.15) is 0 Å². The lowest BCUT2D eigenvalue weighted by atomic mass is 10.2. The molecule has 2 heteroatoms. The van der Waals surface area contributed by atoms with Crippen molar-refractivity contribution in [1.82, 2.24) is 0 Å². The molecule has 53 valence electrons. The molecule has 0 aliphatic heterocycles. The first-order chi connectivity index (χ1) is 4.63. The van der Waals surface area contributed by atoms with E-state index in [1.807, 2.05) is 19.9 Å². The second-order valence-electron chi connectivity index (χ2n) is 2.22. The minimum atomic E-state index is 0.825. The van der Waals surface area contributed by atoms with Gasteiger partial charge < -0.3 is 0 Å². The van der Waals surface area contributed by atoms with Gasteiger partial charge in [0.25, 0.3) is 0 Å². The number of hydrogen-bond donors (Lipinski definition) is 0. The molecule has 0 unspecified atom stereocenters. The first-order valence-electron chi connectivity index (χ1n) is 2.96. The lowest BCUT2D eigenvalue weighted by Gasteiger charge is -2.02. The van der Waals surface area contributed by atoms with Gasteiger partial charge in [0.2, 0.25) is 0 Å². The monoisotopic (exact) mass is 217 g/mol. The average Bonchev–Trinajstić information content (AvgIpc) is 1.93. The van der Waals surface area contributed by atoms with Crippen LogP contribution in [0.2, 0.25) is 5.02 Å². The standard InChI is InChI=1S/C8H7BrCl/c1-5-3-4-7(9)6(2)8(5)10/h3H,1-2H3. The number of halogens is 2. The van der Waals surface area contributed by atoms with E-state index in [1.54, 1.807) is 0 Å². The second-order valence-corrected chi connectivity index (χ2v) is 3.40. The molecular formula is C8H7BrCl. The molecule has 1 aromatic carbocycles. The maximum Gasteiger partial charge on any atom is 0.0476 e. The molecule has 0 N–H and O–H groups in total. The molecule has 0 aliphatic carbocycles. The molecule has 0 nitrogen and oxygen atoms in total. The molecule has 0 bridgehead atoms. The van der Waals surface area contributed by atoms with Gasteiger partial charge in [0, 0.05) is 9.50 Å². The fourth-order valence-electron chi connectivity index (χ4n) is 0.735. The van der Waals surface area contributed by atoms with Crippen molar-refractivity contribution in [3.63, 3.8) is 0 Å². The van der Waals surface area contributed by atoms with Gasteiger partial charge in [-0.2, -0.15) is 0 Å². The Kier molecular flexibility index (Phi) is 2.37. The first-order valence-corrected chi connectivity index (χ1v) is 4.13. The summed E-state index contributed by atoms with van der Waals surface area (Å²) in [6.45, 7) is 3.94. The minimum absolute atomic E-state index is 0.825. The number of rotatable bonds is 0. The van der Waals surface area contributed by atoms with E-state index in [-0.39, 0.29) is 0 Å². The number of benzene rings is 1. The lowest BCUT2D eigenvalue weighted by molar-refractivity contribution is 1.35. The molecule has 0 aromatic heterocycles. The van der Waals surface area contributed by atoms with Crippen LogP contribution in [0.25, 0.3) is 0 Å². The van der Waals surface area contributed by atoms with Gasteiger partial charge in [-0.1, -0.05) is 11.6 Å². The van der Waals surface area contributed by atoms with Gasteiger partial charge in [-0.3, -0.25) is 0 Å². The molecule has 0 aliphatic rings. The molecule has 0 saturated heterocycles. The van der Waals surface area contributed by atoms with Gasteiger partial charge >= 0.3 is 0 Å². The quantitative estimate of drug-likeness (QED) is 0.625. The Labute approximate surface area is 74.3 Å². The topological polar surface area (TPSA) is 0 Å². The van der Waals surface area contributed by atoms with Gasteiger partial charge in [0.05, 0.1) is 0 Å². The largest absolute Gasteiger partial charge is 0.0837 e. The molecule has 0 spiro atoms. The summed E-state index contributed by atoms with van der Waals surface area (Å²) in [6.07, 6.45) is 0. The van der Waals surface area contributed by atoms with E-state index < -0.39 is 0 Å². The zero-order valence-corrected chi connectivity index (χ0v) is 8.18. The third-order valence-electron chi connectivity index (χ3n) is 1.42. The van der Waals surface area contributed by atoms with Crippen LogP contribution in [0.1, 0.15) is 11.1 Å². The third kappa shape index (κ3) is 1.35. The summed E-state index contributed by atoms with van der Waals surface area (Å²) >= 11 is 9.27. The van der Waals surface area contributed by atoms with Crippen molar-refractivity contribution >= 4 is 27.5 Å². The van der Waals surface area contributed by atoms with Crippen LogP contribution in [0.5, 0.6) is 0 Å². The van der Waals surface area contributed by atoms with Gasteiger partial charge in [-0.15, -0.1) is 0 Å². The lowest BCUT2D eigenvalue weighted by Crippen LogP contribution is -1.81. The van der Waals surface area contributed by atoms with Gasteiger partial charge in [0.15, 0.2) is 0 Å².